The second kappa shape index (κ2) is 5.57. The molecule has 3 N–H and O–H groups in total. The van der Waals surface area contributed by atoms with E-state index in [-0.39, 0.29) is 5.91 Å². The molecule has 1 aliphatic rings. The Morgan fingerprint density at radius 2 is 2.16 bits per heavy atom. The maximum Gasteiger partial charge on any atom is 0.272 e. The van der Waals surface area contributed by atoms with E-state index in [1.165, 1.54) is 6.42 Å². The number of nitrogens with one attached hydrogen (secondary N) is 1. The van der Waals surface area contributed by atoms with E-state index in [0.717, 1.165) is 25.9 Å². The molecular weight excluding hydrogens is 240 g/mol. The summed E-state index contributed by atoms with van der Waals surface area (Å²) >= 11 is 0. The summed E-state index contributed by atoms with van der Waals surface area (Å²) in [5.74, 6) is 5.82. The summed E-state index contributed by atoms with van der Waals surface area (Å²) in [6.45, 7) is 6.14. The lowest BCUT2D eigenvalue weighted by Gasteiger charge is -2.38. The van der Waals surface area contributed by atoms with Gasteiger partial charge in [0.05, 0.1) is 0 Å². The number of hydrogen-bond donors (Lipinski definition) is 2. The zero-order valence-corrected chi connectivity index (χ0v) is 11.6. The van der Waals surface area contributed by atoms with Gasteiger partial charge in [-0.15, -0.1) is 0 Å². The van der Waals surface area contributed by atoms with E-state index in [9.17, 15) is 4.79 Å². The first-order valence-electron chi connectivity index (χ1n) is 6.81. The third-order valence-electron chi connectivity index (χ3n) is 4.23. The third kappa shape index (κ3) is 3.04. The molecule has 0 saturated carbocycles. The van der Waals surface area contributed by atoms with Gasteiger partial charge in [-0.25, -0.2) is 10.8 Å². The van der Waals surface area contributed by atoms with Gasteiger partial charge in [0.1, 0.15) is 11.5 Å². The quantitative estimate of drug-likeness (QED) is 0.646. The zero-order valence-electron chi connectivity index (χ0n) is 11.6. The van der Waals surface area contributed by atoms with Crippen molar-refractivity contribution in [3.63, 3.8) is 0 Å². The first kappa shape index (κ1) is 13.8. The minimum Gasteiger partial charge on any atom is -0.337 e. The van der Waals surface area contributed by atoms with Crippen LogP contribution in [0.4, 0.5) is 5.82 Å². The number of pyridine rings is 1. The highest BCUT2D eigenvalue weighted by Gasteiger charge is 2.30. The number of carbonyl (C=O) groups excluding carboxylic acids is 1. The van der Waals surface area contributed by atoms with Crippen molar-refractivity contribution in [1.82, 2.24) is 9.88 Å². The average molecular weight is 262 g/mol. The minimum atomic E-state index is -0.00440. The molecule has 0 unspecified atom stereocenters. The Labute approximate surface area is 114 Å². The Hall–Kier alpha value is -1.62. The van der Waals surface area contributed by atoms with Gasteiger partial charge in [0.25, 0.3) is 5.91 Å². The van der Waals surface area contributed by atoms with Gasteiger partial charge in [0, 0.05) is 13.1 Å². The van der Waals surface area contributed by atoms with Gasteiger partial charge in [-0.2, -0.15) is 0 Å². The summed E-state index contributed by atoms with van der Waals surface area (Å²) in [6.07, 6.45) is 3.29. The van der Waals surface area contributed by atoms with Crippen LogP contribution in [0, 0.1) is 5.41 Å². The number of rotatable bonds is 3. The van der Waals surface area contributed by atoms with Gasteiger partial charge in [-0.05, 0) is 30.4 Å². The van der Waals surface area contributed by atoms with Crippen LogP contribution in [0.5, 0.6) is 0 Å². The van der Waals surface area contributed by atoms with E-state index in [0.29, 0.717) is 16.9 Å². The first-order chi connectivity index (χ1) is 9.08. The van der Waals surface area contributed by atoms with Gasteiger partial charge in [-0.3, -0.25) is 4.79 Å². The molecule has 0 aromatic carbocycles. The fourth-order valence-corrected chi connectivity index (χ4v) is 2.40. The van der Waals surface area contributed by atoms with Crippen LogP contribution in [0.25, 0.3) is 0 Å². The molecule has 5 nitrogen and oxygen atoms in total. The minimum absolute atomic E-state index is 0.00440. The van der Waals surface area contributed by atoms with Gasteiger partial charge in [0.2, 0.25) is 0 Å². The molecule has 0 radical (unpaired) electrons. The largest absolute Gasteiger partial charge is 0.337 e. The smallest absolute Gasteiger partial charge is 0.272 e. The molecule has 2 heterocycles. The molecule has 1 aromatic rings. The third-order valence-corrected chi connectivity index (χ3v) is 4.23. The van der Waals surface area contributed by atoms with Crippen molar-refractivity contribution in [3.05, 3.63) is 23.9 Å². The topological polar surface area (TPSA) is 71.2 Å². The Kier molecular flexibility index (Phi) is 4.04. The molecule has 19 heavy (non-hydrogen) atoms. The lowest BCUT2D eigenvalue weighted by atomic mass is 9.78. The normalized spacial score (nSPS) is 18.2. The highest BCUT2D eigenvalue weighted by Crippen LogP contribution is 2.34. The molecule has 1 fully saturated rings. The summed E-state index contributed by atoms with van der Waals surface area (Å²) in [4.78, 5) is 18.4. The van der Waals surface area contributed by atoms with E-state index in [4.69, 9.17) is 5.84 Å². The van der Waals surface area contributed by atoms with Gasteiger partial charge in [0.15, 0.2) is 0 Å². The average Bonchev–Trinajstić information content (AvgIpc) is 2.47. The first-order valence-corrected chi connectivity index (χ1v) is 6.81. The second-order valence-electron chi connectivity index (χ2n) is 5.51. The lowest BCUT2D eigenvalue weighted by molar-refractivity contribution is 0.0595. The van der Waals surface area contributed by atoms with Crippen LogP contribution in [-0.2, 0) is 0 Å². The van der Waals surface area contributed by atoms with E-state index in [2.05, 4.69) is 24.3 Å². The SMILES string of the molecule is CCC1(C)CCN(C(=O)c2cccc(NN)n2)CC1. The Bertz CT molecular complexity index is 453. The highest BCUT2D eigenvalue weighted by molar-refractivity contribution is 5.92. The number of hydrogen-bond acceptors (Lipinski definition) is 4. The van der Waals surface area contributed by atoms with Crippen LogP contribution in [0.15, 0.2) is 18.2 Å². The Morgan fingerprint density at radius 1 is 1.47 bits per heavy atom. The number of amides is 1. The van der Waals surface area contributed by atoms with Crippen LogP contribution < -0.4 is 11.3 Å². The Morgan fingerprint density at radius 3 is 2.74 bits per heavy atom. The van der Waals surface area contributed by atoms with Crippen molar-refractivity contribution in [2.75, 3.05) is 18.5 Å². The molecule has 1 aliphatic heterocycles. The molecule has 1 amide bonds. The maximum absolute atomic E-state index is 12.4. The summed E-state index contributed by atoms with van der Waals surface area (Å²) in [6, 6.07) is 5.26. The van der Waals surface area contributed by atoms with Crippen LogP contribution in [-0.4, -0.2) is 28.9 Å². The van der Waals surface area contributed by atoms with E-state index < -0.39 is 0 Å². The van der Waals surface area contributed by atoms with Gasteiger partial charge in [-0.1, -0.05) is 26.3 Å². The zero-order chi connectivity index (χ0) is 13.9. The van der Waals surface area contributed by atoms with Crippen molar-refractivity contribution in [2.45, 2.75) is 33.1 Å². The van der Waals surface area contributed by atoms with Crippen LogP contribution in [0.3, 0.4) is 0 Å². The number of nitrogen functional groups attached to an aromatic ring is 1. The molecular formula is C14H22N4O. The van der Waals surface area contributed by atoms with Crippen molar-refractivity contribution in [2.24, 2.45) is 11.3 Å². The van der Waals surface area contributed by atoms with Crippen LogP contribution in [0.1, 0.15) is 43.6 Å². The number of anilines is 1. The summed E-state index contributed by atoms with van der Waals surface area (Å²) in [5, 5.41) is 0. The number of piperidine rings is 1. The molecule has 0 atom stereocenters. The number of carbonyl (C=O) groups is 1. The molecule has 0 spiro atoms. The maximum atomic E-state index is 12.4. The molecule has 0 bridgehead atoms. The van der Waals surface area contributed by atoms with E-state index >= 15 is 0 Å². The standard InChI is InChI=1S/C14H22N4O/c1-3-14(2)7-9-18(10-8-14)13(19)11-5-4-6-12(16-11)17-15/h4-6H,3,7-10,15H2,1-2H3,(H,16,17). The number of nitrogens with zero attached hydrogens (tertiary/aromatic N) is 2. The van der Waals surface area contributed by atoms with Crippen LogP contribution >= 0.6 is 0 Å². The molecule has 1 aromatic heterocycles. The van der Waals surface area contributed by atoms with Crippen molar-refractivity contribution >= 4 is 11.7 Å². The van der Waals surface area contributed by atoms with Crippen molar-refractivity contribution in [1.29, 1.82) is 0 Å². The van der Waals surface area contributed by atoms with Crippen molar-refractivity contribution in [3.8, 4) is 0 Å². The van der Waals surface area contributed by atoms with Gasteiger partial charge >= 0.3 is 0 Å². The molecule has 104 valence electrons. The summed E-state index contributed by atoms with van der Waals surface area (Å²) in [5.41, 5.74) is 3.30. The highest BCUT2D eigenvalue weighted by atomic mass is 16.2. The second-order valence-corrected chi connectivity index (χ2v) is 5.51. The van der Waals surface area contributed by atoms with Gasteiger partial charge < -0.3 is 10.3 Å². The summed E-state index contributed by atoms with van der Waals surface area (Å²) < 4.78 is 0. The fourth-order valence-electron chi connectivity index (χ4n) is 2.40. The number of likely N-dealkylation sites (tertiary alicyclic amines) is 1. The van der Waals surface area contributed by atoms with Crippen LogP contribution in [0.2, 0.25) is 0 Å². The monoisotopic (exact) mass is 262 g/mol. The summed E-state index contributed by atoms with van der Waals surface area (Å²) in [7, 11) is 0. The molecule has 1 saturated heterocycles. The molecule has 5 heteroatoms. The number of nitrogens with two attached hydrogens (primary N) is 1. The lowest BCUT2D eigenvalue weighted by Crippen LogP contribution is -2.42. The molecule has 0 aliphatic carbocycles. The predicted octanol–water partition coefficient (Wildman–Crippen LogP) is 2.02. The fraction of sp³-hybridized carbons (Fsp3) is 0.571. The number of aromatic nitrogens is 1. The Balaban J connectivity index is 2.05. The van der Waals surface area contributed by atoms with E-state index in [1.807, 2.05) is 4.90 Å². The van der Waals surface area contributed by atoms with E-state index in [1.54, 1.807) is 18.2 Å². The predicted molar refractivity (Wildman–Crippen MR) is 75.6 cm³/mol. The van der Waals surface area contributed by atoms with Crippen molar-refractivity contribution < 1.29 is 4.79 Å². The number of hydrazine groups is 1. The molecule has 2 rings (SSSR count).